The Balaban J connectivity index is 1.62. The molecule has 0 radical (unpaired) electrons. The molecule has 0 amide bonds. The first-order valence-corrected chi connectivity index (χ1v) is 7.84. The largest absolute Gasteiger partial charge is 0.497 e. The van der Waals surface area contributed by atoms with Crippen molar-refractivity contribution < 1.29 is 23.7 Å². The number of methoxy groups -OCH3 is 1. The molecule has 1 aliphatic rings. The molecule has 0 saturated heterocycles. The number of ether oxygens (including phenoxy) is 4. The van der Waals surface area contributed by atoms with Crippen molar-refractivity contribution in [3.05, 3.63) is 58.1 Å². The van der Waals surface area contributed by atoms with Gasteiger partial charge in [0.2, 0.25) is 0 Å². The van der Waals surface area contributed by atoms with Gasteiger partial charge in [0.25, 0.3) is 0 Å². The van der Waals surface area contributed by atoms with Gasteiger partial charge in [-0.3, -0.25) is 4.79 Å². The van der Waals surface area contributed by atoms with E-state index in [4.69, 9.17) is 30.5 Å². The molecule has 0 aliphatic carbocycles. The van der Waals surface area contributed by atoms with E-state index in [1.54, 1.807) is 19.2 Å². The summed E-state index contributed by atoms with van der Waals surface area (Å²) in [6.45, 7) is 0.724. The van der Waals surface area contributed by atoms with E-state index in [0.29, 0.717) is 17.4 Å². The van der Waals surface area contributed by atoms with Crippen molar-refractivity contribution >= 4 is 17.6 Å². The van der Waals surface area contributed by atoms with Crippen molar-refractivity contribution in [1.82, 2.24) is 0 Å². The molecule has 3 rings (SSSR count). The molecule has 5 nitrogen and oxygen atoms in total. The number of hydrogen-bond acceptors (Lipinski definition) is 5. The number of carbonyl (C=O) groups is 1. The van der Waals surface area contributed by atoms with Crippen LogP contribution in [0.15, 0.2) is 36.4 Å². The van der Waals surface area contributed by atoms with Gasteiger partial charge in [0.15, 0.2) is 6.79 Å². The fourth-order valence-corrected chi connectivity index (χ4v) is 2.75. The summed E-state index contributed by atoms with van der Waals surface area (Å²) in [5.41, 5.74) is 2.46. The third kappa shape index (κ3) is 3.99. The van der Waals surface area contributed by atoms with Crippen molar-refractivity contribution in [3.63, 3.8) is 0 Å². The SMILES string of the molecule is COc1ccc(CC(=O)OCc2cc(Cl)cc3c2OCOC3)cc1. The zero-order chi connectivity index (χ0) is 16.9. The minimum absolute atomic E-state index is 0.109. The molecule has 6 heteroatoms. The standard InChI is InChI=1S/C18H17ClO5/c1-21-16-4-2-12(3-5-16)6-17(20)23-10-14-8-15(19)7-13-9-22-11-24-18(13)14/h2-5,7-8H,6,9-11H2,1H3. The fraction of sp³-hybridized carbons (Fsp3) is 0.278. The fourth-order valence-electron chi connectivity index (χ4n) is 2.48. The minimum Gasteiger partial charge on any atom is -0.497 e. The molecular weight excluding hydrogens is 332 g/mol. The van der Waals surface area contributed by atoms with Crippen molar-refractivity contribution in [2.75, 3.05) is 13.9 Å². The van der Waals surface area contributed by atoms with Gasteiger partial charge in [0.05, 0.1) is 20.1 Å². The van der Waals surface area contributed by atoms with Crippen LogP contribution in [0.5, 0.6) is 11.5 Å². The summed E-state index contributed by atoms with van der Waals surface area (Å²) < 4.78 is 21.2. The van der Waals surface area contributed by atoms with Crippen LogP contribution in [-0.4, -0.2) is 19.9 Å². The van der Waals surface area contributed by atoms with Crippen molar-refractivity contribution in [2.45, 2.75) is 19.6 Å². The van der Waals surface area contributed by atoms with Crippen LogP contribution in [0.1, 0.15) is 16.7 Å². The lowest BCUT2D eigenvalue weighted by Crippen LogP contribution is -2.15. The molecule has 126 valence electrons. The molecule has 0 aromatic heterocycles. The summed E-state index contributed by atoms with van der Waals surface area (Å²) in [5.74, 6) is 1.11. The topological polar surface area (TPSA) is 54.0 Å². The predicted octanol–water partition coefficient (Wildman–Crippen LogP) is 3.50. The van der Waals surface area contributed by atoms with Gasteiger partial charge in [-0.1, -0.05) is 23.7 Å². The van der Waals surface area contributed by atoms with Crippen LogP contribution in [0, 0.1) is 0 Å². The highest BCUT2D eigenvalue weighted by Crippen LogP contribution is 2.32. The van der Waals surface area contributed by atoms with Gasteiger partial charge in [0.1, 0.15) is 18.1 Å². The monoisotopic (exact) mass is 348 g/mol. The molecular formula is C18H17ClO5. The summed E-state index contributed by atoms with van der Waals surface area (Å²) in [6.07, 6.45) is 0.191. The number of fused-ring (bicyclic) bond motifs is 1. The second-order valence-corrected chi connectivity index (χ2v) is 5.79. The van der Waals surface area contributed by atoms with Crippen LogP contribution < -0.4 is 9.47 Å². The lowest BCUT2D eigenvalue weighted by molar-refractivity contribution is -0.144. The number of rotatable bonds is 5. The second-order valence-electron chi connectivity index (χ2n) is 5.35. The number of carbonyl (C=O) groups excluding carboxylic acids is 1. The third-order valence-electron chi connectivity index (χ3n) is 3.65. The Morgan fingerprint density at radius 1 is 1.25 bits per heavy atom. The molecule has 0 unspecified atom stereocenters. The second kappa shape index (κ2) is 7.55. The quantitative estimate of drug-likeness (QED) is 0.774. The third-order valence-corrected chi connectivity index (χ3v) is 3.87. The Hall–Kier alpha value is -2.24. The average molecular weight is 349 g/mol. The lowest BCUT2D eigenvalue weighted by Gasteiger charge is -2.21. The zero-order valence-corrected chi connectivity index (χ0v) is 14.0. The van der Waals surface area contributed by atoms with Gasteiger partial charge in [-0.2, -0.15) is 0 Å². The van der Waals surface area contributed by atoms with E-state index in [1.807, 2.05) is 24.3 Å². The van der Waals surface area contributed by atoms with Crippen LogP contribution in [0.25, 0.3) is 0 Å². The van der Waals surface area contributed by atoms with Gasteiger partial charge < -0.3 is 18.9 Å². The highest BCUT2D eigenvalue weighted by molar-refractivity contribution is 6.30. The normalized spacial score (nSPS) is 12.9. The molecule has 0 spiro atoms. The first kappa shape index (κ1) is 16.6. The predicted molar refractivity (Wildman–Crippen MR) is 88.2 cm³/mol. The molecule has 1 heterocycles. The number of esters is 1. The van der Waals surface area contributed by atoms with E-state index in [2.05, 4.69) is 0 Å². The van der Waals surface area contributed by atoms with Crippen LogP contribution in [0.2, 0.25) is 5.02 Å². The summed E-state index contributed by atoms with van der Waals surface area (Å²) in [6, 6.07) is 10.8. The van der Waals surface area contributed by atoms with Crippen molar-refractivity contribution in [2.24, 2.45) is 0 Å². The summed E-state index contributed by atoms with van der Waals surface area (Å²) in [7, 11) is 1.60. The van der Waals surface area contributed by atoms with Gasteiger partial charge in [-0.25, -0.2) is 0 Å². The Labute approximate surface area is 145 Å². The molecule has 0 atom stereocenters. The molecule has 2 aromatic rings. The Bertz CT molecular complexity index is 727. The molecule has 0 bridgehead atoms. The Morgan fingerprint density at radius 3 is 2.79 bits per heavy atom. The summed E-state index contributed by atoms with van der Waals surface area (Å²) >= 11 is 6.09. The van der Waals surface area contributed by atoms with E-state index in [0.717, 1.165) is 22.4 Å². The van der Waals surface area contributed by atoms with E-state index in [1.165, 1.54) is 0 Å². The van der Waals surface area contributed by atoms with E-state index < -0.39 is 0 Å². The van der Waals surface area contributed by atoms with E-state index in [-0.39, 0.29) is 25.8 Å². The molecule has 0 N–H and O–H groups in total. The van der Waals surface area contributed by atoms with Crippen LogP contribution >= 0.6 is 11.6 Å². The number of halogens is 1. The van der Waals surface area contributed by atoms with E-state index >= 15 is 0 Å². The maximum Gasteiger partial charge on any atom is 0.310 e. The highest BCUT2D eigenvalue weighted by atomic mass is 35.5. The van der Waals surface area contributed by atoms with Gasteiger partial charge >= 0.3 is 5.97 Å². The van der Waals surface area contributed by atoms with E-state index in [9.17, 15) is 4.79 Å². The van der Waals surface area contributed by atoms with Crippen molar-refractivity contribution in [3.8, 4) is 11.5 Å². The molecule has 0 saturated carbocycles. The lowest BCUT2D eigenvalue weighted by atomic mass is 10.1. The zero-order valence-electron chi connectivity index (χ0n) is 13.2. The summed E-state index contributed by atoms with van der Waals surface area (Å²) in [4.78, 5) is 12.0. The first-order valence-electron chi connectivity index (χ1n) is 7.46. The van der Waals surface area contributed by atoms with Crippen LogP contribution in [0.4, 0.5) is 0 Å². The van der Waals surface area contributed by atoms with Gasteiger partial charge in [-0.05, 0) is 29.8 Å². The molecule has 0 fully saturated rings. The smallest absolute Gasteiger partial charge is 0.310 e. The molecule has 2 aromatic carbocycles. The Morgan fingerprint density at radius 2 is 2.04 bits per heavy atom. The molecule has 1 aliphatic heterocycles. The Kier molecular flexibility index (Phi) is 5.23. The maximum absolute atomic E-state index is 12.0. The summed E-state index contributed by atoms with van der Waals surface area (Å²) in [5, 5.41) is 0.559. The van der Waals surface area contributed by atoms with Gasteiger partial charge in [-0.15, -0.1) is 0 Å². The van der Waals surface area contributed by atoms with Crippen LogP contribution in [0.3, 0.4) is 0 Å². The molecule has 24 heavy (non-hydrogen) atoms. The number of hydrogen-bond donors (Lipinski definition) is 0. The first-order chi connectivity index (χ1) is 11.7. The van der Waals surface area contributed by atoms with Gasteiger partial charge in [0, 0.05) is 16.1 Å². The van der Waals surface area contributed by atoms with Crippen LogP contribution in [-0.2, 0) is 33.9 Å². The average Bonchev–Trinajstić information content (AvgIpc) is 2.60. The maximum atomic E-state index is 12.0. The minimum atomic E-state index is -0.319. The van der Waals surface area contributed by atoms with Crippen molar-refractivity contribution in [1.29, 1.82) is 0 Å². The highest BCUT2D eigenvalue weighted by Gasteiger charge is 2.17. The number of benzene rings is 2.